The molecule has 0 aliphatic carbocycles. The molecule has 74 heavy (non-hydrogen) atoms. The van der Waals surface area contributed by atoms with E-state index in [1.165, 1.54) is 83.9 Å². The average molecular weight is 1050 g/mol. The summed E-state index contributed by atoms with van der Waals surface area (Å²) < 4.78 is 21.6. The van der Waals surface area contributed by atoms with Crippen LogP contribution in [0.2, 0.25) is 0 Å². The predicted molar refractivity (Wildman–Crippen MR) is 283 cm³/mol. The van der Waals surface area contributed by atoms with Crippen molar-refractivity contribution in [2.75, 3.05) is 65.9 Å². The van der Waals surface area contributed by atoms with Gasteiger partial charge in [-0.15, -0.1) is 0 Å². The molecule has 0 radical (unpaired) electrons. The number of amides is 3. The number of aliphatic carboxylic acids is 1. The summed E-state index contributed by atoms with van der Waals surface area (Å²) in [5.74, 6) is -3.14. The van der Waals surface area contributed by atoms with Crippen LogP contribution in [0.1, 0.15) is 194 Å². The van der Waals surface area contributed by atoms with Gasteiger partial charge in [-0.1, -0.05) is 117 Å². The smallest absolute Gasteiger partial charge is 0.326 e. The molecule has 0 spiro atoms. The molecule has 19 heteroatoms. The summed E-state index contributed by atoms with van der Waals surface area (Å²) in [6, 6.07) is -1.86. The fourth-order valence-corrected chi connectivity index (χ4v) is 8.22. The normalized spacial score (nSPS) is 12.7. The van der Waals surface area contributed by atoms with Gasteiger partial charge in [0.15, 0.2) is 5.78 Å². The number of Topliss-reactive ketones (excluding diaryl/α,β-unsaturated/α-hetero) is 4. The highest BCUT2D eigenvalue weighted by Crippen LogP contribution is 2.28. The predicted octanol–water partition coefficient (Wildman–Crippen LogP) is 6.86. The van der Waals surface area contributed by atoms with Crippen molar-refractivity contribution >= 4 is 46.8 Å². The second-order valence-corrected chi connectivity index (χ2v) is 20.2. The Balaban J connectivity index is 1.99. The molecular weight excluding hydrogens is 953 g/mol. The van der Waals surface area contributed by atoms with Crippen LogP contribution in [-0.4, -0.2) is 140 Å². The zero-order chi connectivity index (χ0) is 54.7. The fraction of sp³-hybridized carbons (Fsp3) is 0.800. The molecule has 19 nitrogen and oxygen atoms in total. The van der Waals surface area contributed by atoms with E-state index >= 15 is 0 Å². The number of nitrogens with two attached hydrogens (primary N) is 1. The Morgan fingerprint density at radius 2 is 1.20 bits per heavy atom. The van der Waals surface area contributed by atoms with Crippen LogP contribution in [0.4, 0.5) is 0 Å². The third-order valence-electron chi connectivity index (χ3n) is 13.0. The molecule has 0 saturated heterocycles. The number of carboxylic acid groups (broad SMARTS) is 1. The van der Waals surface area contributed by atoms with Gasteiger partial charge < -0.3 is 50.7 Å². The number of nitrogens with one attached hydrogen (secondary N) is 4. The summed E-state index contributed by atoms with van der Waals surface area (Å²) in [6.07, 6.45) is 24.6. The van der Waals surface area contributed by atoms with Crippen LogP contribution >= 0.6 is 0 Å². The monoisotopic (exact) mass is 1050 g/mol. The number of ether oxygens (including phenoxy) is 4. The molecular formula is C55H96N6O13. The van der Waals surface area contributed by atoms with Crippen molar-refractivity contribution in [3.8, 4) is 0 Å². The Kier molecular flexibility index (Phi) is 40.0. The highest BCUT2D eigenvalue weighted by molar-refractivity contribution is 5.94. The number of aromatic nitrogens is 2. The van der Waals surface area contributed by atoms with Crippen LogP contribution in [-0.2, 0) is 63.7 Å². The number of rotatable bonds is 52. The van der Waals surface area contributed by atoms with E-state index in [0.717, 1.165) is 31.4 Å². The SMILES string of the molecule is CCCCCCCCCCCCCCCCCC(=O)NC(CCC(=O)CCCOCCOCC(=O)NCCOCCOCC(=O)NCCCC[C@H](CC(=O)C(C)(C)CC(=O)[C@@H](N)Cc1cnc[nH]1)C(C)=O)C(=O)O. The lowest BCUT2D eigenvalue weighted by Crippen LogP contribution is -2.41. The van der Waals surface area contributed by atoms with Gasteiger partial charge in [-0.25, -0.2) is 9.78 Å². The van der Waals surface area contributed by atoms with Gasteiger partial charge in [0.2, 0.25) is 17.7 Å². The number of nitrogens with zero attached hydrogens (tertiary/aromatic N) is 1. The number of hydrogen-bond acceptors (Lipinski definition) is 14. The number of aromatic amines is 1. The first-order valence-corrected chi connectivity index (χ1v) is 27.7. The number of unbranched alkanes of at least 4 members (excludes halogenated alkanes) is 15. The number of carboxylic acids is 1. The van der Waals surface area contributed by atoms with Gasteiger partial charge in [-0.3, -0.25) is 33.6 Å². The zero-order valence-electron chi connectivity index (χ0n) is 45.7. The van der Waals surface area contributed by atoms with Crippen molar-refractivity contribution in [1.82, 2.24) is 25.9 Å². The molecule has 0 aromatic carbocycles. The standard InChI is InChI=1S/C55H96N6O13/c1-5-6-7-8-9-10-11-12-13-14-15-16-17-18-19-25-51(66)61-48(54(69)70)27-26-46(63)24-22-30-71-32-34-73-41-53(68)59-29-31-72-33-35-74-40-52(67)58-28-21-20-23-44(43(2)62)36-50(65)55(3,4)38-49(64)47(56)37-45-39-57-42-60-45/h39,42,44,47-48H,5-38,40-41,56H2,1-4H3,(H,57,60)(H,58,67)(H,59,68)(H,61,66)(H,69,70)/t44-,47+,48?/m1/s1. The Labute approximate surface area is 441 Å². The number of carbonyl (C=O) groups excluding carboxylic acids is 7. The van der Waals surface area contributed by atoms with E-state index in [1.807, 2.05) is 0 Å². The number of ketones is 4. The van der Waals surface area contributed by atoms with Crippen LogP contribution in [0, 0.1) is 11.3 Å². The van der Waals surface area contributed by atoms with Gasteiger partial charge in [0, 0.05) is 81.4 Å². The van der Waals surface area contributed by atoms with Crippen molar-refractivity contribution in [2.45, 2.75) is 207 Å². The Morgan fingerprint density at radius 3 is 1.76 bits per heavy atom. The van der Waals surface area contributed by atoms with E-state index in [9.17, 15) is 43.5 Å². The van der Waals surface area contributed by atoms with E-state index in [4.69, 9.17) is 24.7 Å². The molecule has 0 saturated carbocycles. The molecule has 3 amide bonds. The van der Waals surface area contributed by atoms with Crippen molar-refractivity contribution < 1.29 is 62.4 Å². The second kappa shape index (κ2) is 43.8. The first-order valence-electron chi connectivity index (χ1n) is 27.7. The summed E-state index contributed by atoms with van der Waals surface area (Å²) in [5.41, 5.74) is 5.84. The van der Waals surface area contributed by atoms with Gasteiger partial charge in [0.05, 0.1) is 45.4 Å². The molecule has 0 fully saturated rings. The molecule has 1 aromatic rings. The molecule has 3 atom stereocenters. The molecule has 7 N–H and O–H groups in total. The maximum Gasteiger partial charge on any atom is 0.326 e. The molecule has 424 valence electrons. The van der Waals surface area contributed by atoms with E-state index in [2.05, 4.69) is 32.8 Å². The Bertz CT molecular complexity index is 1710. The van der Waals surface area contributed by atoms with Crippen molar-refractivity contribution in [3.63, 3.8) is 0 Å². The summed E-state index contributed by atoms with van der Waals surface area (Å²) in [6.45, 7) is 8.77. The van der Waals surface area contributed by atoms with Crippen molar-refractivity contribution in [3.05, 3.63) is 18.2 Å². The van der Waals surface area contributed by atoms with E-state index in [0.29, 0.717) is 45.3 Å². The van der Waals surface area contributed by atoms with E-state index < -0.39 is 29.4 Å². The molecule has 1 unspecified atom stereocenters. The maximum atomic E-state index is 13.2. The summed E-state index contributed by atoms with van der Waals surface area (Å²) in [5, 5.41) is 17.6. The summed E-state index contributed by atoms with van der Waals surface area (Å²) >= 11 is 0. The van der Waals surface area contributed by atoms with Gasteiger partial charge >= 0.3 is 5.97 Å². The minimum absolute atomic E-state index is 0.0239. The lowest BCUT2D eigenvalue weighted by molar-refractivity contribution is -0.142. The minimum Gasteiger partial charge on any atom is -0.480 e. The fourth-order valence-electron chi connectivity index (χ4n) is 8.22. The average Bonchev–Trinajstić information content (AvgIpc) is 3.87. The topological polar surface area (TPSA) is 285 Å². The van der Waals surface area contributed by atoms with Crippen molar-refractivity contribution in [1.29, 1.82) is 0 Å². The summed E-state index contributed by atoms with van der Waals surface area (Å²) in [7, 11) is 0. The lowest BCUT2D eigenvalue weighted by Gasteiger charge is -2.26. The highest BCUT2D eigenvalue weighted by Gasteiger charge is 2.34. The quantitative estimate of drug-likeness (QED) is 0.0364. The third kappa shape index (κ3) is 37.3. The zero-order valence-corrected chi connectivity index (χ0v) is 45.7. The molecule has 0 bridgehead atoms. The number of imidazole rings is 1. The van der Waals surface area contributed by atoms with Crippen LogP contribution in [0.3, 0.4) is 0 Å². The summed E-state index contributed by atoms with van der Waals surface area (Å²) in [4.78, 5) is 106. The van der Waals surface area contributed by atoms with Crippen LogP contribution in [0.25, 0.3) is 0 Å². The van der Waals surface area contributed by atoms with Gasteiger partial charge in [-0.05, 0) is 39.0 Å². The largest absolute Gasteiger partial charge is 0.480 e. The number of hydrogen-bond donors (Lipinski definition) is 6. The molecule has 0 aliphatic rings. The van der Waals surface area contributed by atoms with E-state index in [-0.39, 0.29) is 132 Å². The minimum atomic E-state index is -1.15. The molecule has 1 rings (SSSR count). The Morgan fingerprint density at radius 1 is 0.649 bits per heavy atom. The Hall–Kier alpha value is -4.43. The van der Waals surface area contributed by atoms with Gasteiger partial charge in [-0.2, -0.15) is 0 Å². The first-order chi connectivity index (χ1) is 35.5. The number of H-pyrrole nitrogens is 1. The third-order valence-corrected chi connectivity index (χ3v) is 13.0. The van der Waals surface area contributed by atoms with Crippen LogP contribution in [0.15, 0.2) is 12.5 Å². The first kappa shape index (κ1) is 67.6. The van der Waals surface area contributed by atoms with E-state index in [1.54, 1.807) is 20.0 Å². The molecule has 1 heterocycles. The van der Waals surface area contributed by atoms with Crippen molar-refractivity contribution in [2.24, 2.45) is 17.1 Å². The number of carbonyl (C=O) groups is 8. The van der Waals surface area contributed by atoms with Gasteiger partial charge in [0.1, 0.15) is 36.6 Å². The molecule has 0 aliphatic heterocycles. The van der Waals surface area contributed by atoms with Gasteiger partial charge in [0.25, 0.3) is 0 Å². The maximum absolute atomic E-state index is 13.2. The lowest BCUT2D eigenvalue weighted by atomic mass is 9.77. The molecule has 1 aromatic heterocycles. The van der Waals surface area contributed by atoms with Crippen LogP contribution in [0.5, 0.6) is 0 Å². The highest BCUT2D eigenvalue weighted by atomic mass is 16.5. The van der Waals surface area contributed by atoms with Crippen LogP contribution < -0.4 is 21.7 Å². The second-order valence-electron chi connectivity index (χ2n) is 20.2.